The Kier molecular flexibility index (Phi) is 5.12. The highest BCUT2D eigenvalue weighted by molar-refractivity contribution is 7.92. The van der Waals surface area contributed by atoms with Gasteiger partial charge in [-0.25, -0.2) is 13.1 Å². The van der Waals surface area contributed by atoms with E-state index in [1.54, 1.807) is 22.9 Å². The number of para-hydroxylation sites is 1. The second-order valence-electron chi connectivity index (χ2n) is 7.61. The second kappa shape index (κ2) is 7.24. The standard InChI is InChI=1S/C21H23N3O3S/c1-15(25)16-9-8-10-17(13-16)23-28(26,27)19-14-24(18-11-6-5-7-12-18)22-20(19)21(2,3)4/h5-14,23H,1-4H3. The number of carbonyl (C=O) groups excluding carboxylic acids is 1. The first kappa shape index (κ1) is 19.8. The predicted octanol–water partition coefficient (Wildman–Crippen LogP) is 4.17. The minimum Gasteiger partial charge on any atom is -0.295 e. The molecule has 0 aliphatic heterocycles. The maximum atomic E-state index is 13.1. The van der Waals surface area contributed by atoms with Crippen molar-refractivity contribution in [2.75, 3.05) is 4.72 Å². The fourth-order valence-electron chi connectivity index (χ4n) is 2.80. The van der Waals surface area contributed by atoms with E-state index in [0.717, 1.165) is 5.69 Å². The SMILES string of the molecule is CC(=O)c1cccc(NS(=O)(=O)c2cn(-c3ccccc3)nc2C(C)(C)C)c1. The lowest BCUT2D eigenvalue weighted by Gasteiger charge is -2.18. The number of sulfonamides is 1. The number of hydrogen-bond donors (Lipinski definition) is 1. The van der Waals surface area contributed by atoms with E-state index < -0.39 is 15.4 Å². The zero-order valence-corrected chi connectivity index (χ0v) is 17.1. The van der Waals surface area contributed by atoms with Crippen LogP contribution in [-0.4, -0.2) is 24.0 Å². The molecule has 6 nitrogen and oxygen atoms in total. The van der Waals surface area contributed by atoms with Crippen molar-refractivity contribution in [3.63, 3.8) is 0 Å². The Hall–Kier alpha value is -2.93. The summed E-state index contributed by atoms with van der Waals surface area (Å²) in [6.07, 6.45) is 1.52. The van der Waals surface area contributed by atoms with Gasteiger partial charge in [0, 0.05) is 16.7 Å². The van der Waals surface area contributed by atoms with Crippen molar-refractivity contribution in [2.24, 2.45) is 0 Å². The molecule has 3 aromatic rings. The van der Waals surface area contributed by atoms with Gasteiger partial charge in [-0.3, -0.25) is 9.52 Å². The van der Waals surface area contributed by atoms with Crippen molar-refractivity contribution in [1.29, 1.82) is 0 Å². The van der Waals surface area contributed by atoms with E-state index in [9.17, 15) is 13.2 Å². The number of anilines is 1. The second-order valence-corrected chi connectivity index (χ2v) is 9.27. The van der Waals surface area contributed by atoms with Crippen molar-refractivity contribution in [1.82, 2.24) is 9.78 Å². The van der Waals surface area contributed by atoms with Crippen LogP contribution in [0.15, 0.2) is 65.7 Å². The number of aromatic nitrogens is 2. The quantitative estimate of drug-likeness (QED) is 0.655. The highest BCUT2D eigenvalue weighted by Crippen LogP contribution is 2.30. The average molecular weight is 398 g/mol. The summed E-state index contributed by atoms with van der Waals surface area (Å²) in [6.45, 7) is 7.19. The molecule has 0 aliphatic rings. The molecule has 3 rings (SSSR count). The molecule has 0 bridgehead atoms. The van der Waals surface area contributed by atoms with E-state index >= 15 is 0 Å². The maximum Gasteiger partial charge on any atom is 0.265 e. The molecule has 1 N–H and O–H groups in total. The normalized spacial score (nSPS) is 12.0. The van der Waals surface area contributed by atoms with Crippen LogP contribution in [0.3, 0.4) is 0 Å². The van der Waals surface area contributed by atoms with E-state index in [1.165, 1.54) is 19.2 Å². The summed E-state index contributed by atoms with van der Waals surface area (Å²) >= 11 is 0. The molecular formula is C21H23N3O3S. The van der Waals surface area contributed by atoms with Crippen LogP contribution in [0.2, 0.25) is 0 Å². The molecule has 28 heavy (non-hydrogen) atoms. The van der Waals surface area contributed by atoms with Gasteiger partial charge in [0.1, 0.15) is 4.90 Å². The zero-order chi connectivity index (χ0) is 20.5. The number of rotatable bonds is 5. The Morgan fingerprint density at radius 2 is 1.71 bits per heavy atom. The van der Waals surface area contributed by atoms with E-state index in [4.69, 9.17) is 0 Å². The summed E-state index contributed by atoms with van der Waals surface area (Å²) in [7, 11) is -3.90. The largest absolute Gasteiger partial charge is 0.295 e. The molecule has 1 heterocycles. The van der Waals surface area contributed by atoms with Gasteiger partial charge >= 0.3 is 0 Å². The number of Topliss-reactive ketones (excluding diaryl/α,β-unsaturated/α-hetero) is 1. The molecule has 0 spiro atoms. The smallest absolute Gasteiger partial charge is 0.265 e. The zero-order valence-electron chi connectivity index (χ0n) is 16.3. The molecule has 0 unspecified atom stereocenters. The first-order valence-corrected chi connectivity index (χ1v) is 10.4. The molecule has 0 aliphatic carbocycles. The van der Waals surface area contributed by atoms with Crippen LogP contribution in [0.25, 0.3) is 5.69 Å². The molecule has 2 aromatic carbocycles. The minimum absolute atomic E-state index is 0.108. The highest BCUT2D eigenvalue weighted by atomic mass is 32.2. The fraction of sp³-hybridized carbons (Fsp3) is 0.238. The van der Waals surface area contributed by atoms with Gasteiger partial charge in [0.2, 0.25) is 0 Å². The molecule has 0 saturated carbocycles. The Bertz CT molecular complexity index is 1110. The molecule has 0 amide bonds. The molecule has 0 saturated heterocycles. The molecule has 0 radical (unpaired) electrons. The number of carbonyl (C=O) groups is 1. The summed E-state index contributed by atoms with van der Waals surface area (Å²) in [5, 5.41) is 4.55. The van der Waals surface area contributed by atoms with Gasteiger partial charge in [0.25, 0.3) is 10.0 Å². The third kappa shape index (κ3) is 4.14. The summed E-state index contributed by atoms with van der Waals surface area (Å²) in [6, 6.07) is 15.8. The maximum absolute atomic E-state index is 13.1. The Labute approximate surface area is 165 Å². The van der Waals surface area contributed by atoms with Crippen molar-refractivity contribution in [3.05, 3.63) is 72.1 Å². The minimum atomic E-state index is -3.90. The van der Waals surface area contributed by atoms with E-state index in [1.807, 2.05) is 51.1 Å². The van der Waals surface area contributed by atoms with Crippen molar-refractivity contribution in [3.8, 4) is 5.69 Å². The third-order valence-corrected chi connectivity index (χ3v) is 5.60. The molecular weight excluding hydrogens is 374 g/mol. The Balaban J connectivity index is 2.07. The van der Waals surface area contributed by atoms with Crippen LogP contribution in [0, 0.1) is 0 Å². The Morgan fingerprint density at radius 3 is 2.32 bits per heavy atom. The molecule has 1 aromatic heterocycles. The van der Waals surface area contributed by atoms with E-state index in [-0.39, 0.29) is 10.7 Å². The summed E-state index contributed by atoms with van der Waals surface area (Å²) < 4.78 is 30.4. The Morgan fingerprint density at radius 1 is 1.04 bits per heavy atom. The summed E-state index contributed by atoms with van der Waals surface area (Å²) in [4.78, 5) is 11.7. The monoisotopic (exact) mass is 397 g/mol. The van der Waals surface area contributed by atoms with Gasteiger partial charge < -0.3 is 0 Å². The number of benzene rings is 2. The van der Waals surface area contributed by atoms with Crippen molar-refractivity contribution in [2.45, 2.75) is 38.0 Å². The van der Waals surface area contributed by atoms with Crippen LogP contribution in [0.4, 0.5) is 5.69 Å². The summed E-state index contributed by atoms with van der Waals surface area (Å²) in [5.41, 5.74) is 1.53. The lowest BCUT2D eigenvalue weighted by atomic mass is 9.92. The predicted molar refractivity (Wildman–Crippen MR) is 110 cm³/mol. The average Bonchev–Trinajstić information content (AvgIpc) is 3.09. The van der Waals surface area contributed by atoms with Gasteiger partial charge in [0.05, 0.1) is 17.6 Å². The number of ketones is 1. The molecule has 0 fully saturated rings. The molecule has 146 valence electrons. The number of hydrogen-bond acceptors (Lipinski definition) is 4. The lowest BCUT2D eigenvalue weighted by Crippen LogP contribution is -2.20. The van der Waals surface area contributed by atoms with Crippen molar-refractivity contribution >= 4 is 21.5 Å². The van der Waals surface area contributed by atoms with Crippen LogP contribution >= 0.6 is 0 Å². The van der Waals surface area contributed by atoms with Crippen molar-refractivity contribution < 1.29 is 13.2 Å². The molecule has 7 heteroatoms. The van der Waals surface area contributed by atoms with E-state index in [2.05, 4.69) is 9.82 Å². The number of nitrogens with zero attached hydrogens (tertiary/aromatic N) is 2. The van der Waals surface area contributed by atoms with Gasteiger partial charge in [-0.2, -0.15) is 5.10 Å². The first-order chi connectivity index (χ1) is 13.1. The van der Waals surface area contributed by atoms with Gasteiger partial charge in [0.15, 0.2) is 5.78 Å². The number of nitrogens with one attached hydrogen (secondary N) is 1. The first-order valence-electron chi connectivity index (χ1n) is 8.87. The fourth-order valence-corrected chi connectivity index (χ4v) is 4.19. The van der Waals surface area contributed by atoms with Crippen LogP contribution < -0.4 is 4.72 Å². The van der Waals surface area contributed by atoms with Gasteiger partial charge in [-0.1, -0.05) is 51.1 Å². The van der Waals surface area contributed by atoms with Crippen LogP contribution in [0.5, 0.6) is 0 Å². The summed E-state index contributed by atoms with van der Waals surface area (Å²) in [5.74, 6) is -0.131. The van der Waals surface area contributed by atoms with Gasteiger partial charge in [-0.05, 0) is 31.2 Å². The van der Waals surface area contributed by atoms with Crippen LogP contribution in [0.1, 0.15) is 43.7 Å². The topological polar surface area (TPSA) is 81.1 Å². The van der Waals surface area contributed by atoms with E-state index in [0.29, 0.717) is 16.9 Å². The van der Waals surface area contributed by atoms with Crippen LogP contribution in [-0.2, 0) is 15.4 Å². The third-order valence-electron chi connectivity index (χ3n) is 4.22. The van der Waals surface area contributed by atoms with Gasteiger partial charge in [-0.15, -0.1) is 0 Å². The lowest BCUT2D eigenvalue weighted by molar-refractivity contribution is 0.101. The highest BCUT2D eigenvalue weighted by Gasteiger charge is 2.30. The molecule has 0 atom stereocenters.